The molecule has 2 nitrogen and oxygen atoms in total. The second-order valence-corrected chi connectivity index (χ2v) is 4.58. The van der Waals surface area contributed by atoms with Crippen LogP contribution < -0.4 is 0 Å². The van der Waals surface area contributed by atoms with E-state index in [0.29, 0.717) is 5.78 Å². The lowest BCUT2D eigenvalue weighted by atomic mass is 9.69. The van der Waals surface area contributed by atoms with Crippen LogP contribution in [0.25, 0.3) is 0 Å². The average molecular weight is 184 g/mol. The number of methoxy groups -OCH3 is 1. The van der Waals surface area contributed by atoms with Crippen LogP contribution in [0.1, 0.15) is 40.0 Å². The van der Waals surface area contributed by atoms with Crippen LogP contribution in [0.3, 0.4) is 0 Å². The van der Waals surface area contributed by atoms with E-state index in [0.717, 1.165) is 19.3 Å². The van der Waals surface area contributed by atoms with Crippen molar-refractivity contribution in [1.29, 1.82) is 0 Å². The number of hydrogen-bond donors (Lipinski definition) is 0. The molecule has 1 aliphatic rings. The SMILES string of the molecule is CCC1C(=O)C(C)(C)CCC1OC. The Labute approximate surface area is 80.7 Å². The molecule has 0 N–H and O–H groups in total. The lowest BCUT2D eigenvalue weighted by Crippen LogP contribution is -2.43. The van der Waals surface area contributed by atoms with E-state index in [1.165, 1.54) is 0 Å². The Morgan fingerprint density at radius 2 is 2.15 bits per heavy atom. The van der Waals surface area contributed by atoms with E-state index < -0.39 is 0 Å². The molecule has 1 fully saturated rings. The van der Waals surface area contributed by atoms with Crippen molar-refractivity contribution in [2.45, 2.75) is 46.1 Å². The molecule has 0 heterocycles. The second kappa shape index (κ2) is 3.79. The molecule has 1 rings (SSSR count). The molecule has 2 atom stereocenters. The van der Waals surface area contributed by atoms with Gasteiger partial charge in [-0.15, -0.1) is 0 Å². The zero-order valence-corrected chi connectivity index (χ0v) is 9.09. The number of Topliss-reactive ketones (excluding diaryl/α,β-unsaturated/α-hetero) is 1. The molecule has 1 saturated carbocycles. The summed E-state index contributed by atoms with van der Waals surface area (Å²) in [6, 6.07) is 0. The van der Waals surface area contributed by atoms with E-state index in [4.69, 9.17) is 4.74 Å². The molecular formula is C11H20O2. The fraction of sp³-hybridized carbons (Fsp3) is 0.909. The van der Waals surface area contributed by atoms with Crippen molar-refractivity contribution in [1.82, 2.24) is 0 Å². The molecule has 0 aromatic carbocycles. The number of rotatable bonds is 2. The highest BCUT2D eigenvalue weighted by Crippen LogP contribution is 2.37. The third kappa shape index (κ3) is 1.93. The van der Waals surface area contributed by atoms with Crippen LogP contribution in [0.4, 0.5) is 0 Å². The Balaban J connectivity index is 2.78. The van der Waals surface area contributed by atoms with Crippen LogP contribution in [-0.2, 0) is 9.53 Å². The van der Waals surface area contributed by atoms with Crippen LogP contribution in [0.5, 0.6) is 0 Å². The van der Waals surface area contributed by atoms with E-state index in [1.54, 1.807) is 7.11 Å². The summed E-state index contributed by atoms with van der Waals surface area (Å²) >= 11 is 0. The standard InChI is InChI=1S/C11H20O2/c1-5-8-9(13-4)6-7-11(2,3)10(8)12/h8-9H,5-7H2,1-4H3. The molecule has 1 aliphatic carbocycles. The normalized spacial score (nSPS) is 33.4. The van der Waals surface area contributed by atoms with Crippen molar-refractivity contribution < 1.29 is 9.53 Å². The van der Waals surface area contributed by atoms with E-state index in [2.05, 4.69) is 6.92 Å². The molecule has 0 bridgehead atoms. The van der Waals surface area contributed by atoms with Gasteiger partial charge in [0.2, 0.25) is 0 Å². The summed E-state index contributed by atoms with van der Waals surface area (Å²) in [6.07, 6.45) is 3.04. The van der Waals surface area contributed by atoms with Gasteiger partial charge in [0.15, 0.2) is 0 Å². The van der Waals surface area contributed by atoms with E-state index in [-0.39, 0.29) is 17.4 Å². The summed E-state index contributed by atoms with van der Waals surface area (Å²) in [5.74, 6) is 0.502. The van der Waals surface area contributed by atoms with E-state index in [9.17, 15) is 4.79 Å². The molecular weight excluding hydrogens is 164 g/mol. The van der Waals surface area contributed by atoms with Crippen LogP contribution in [-0.4, -0.2) is 19.0 Å². The first-order chi connectivity index (χ1) is 6.03. The number of carbonyl (C=O) groups is 1. The zero-order valence-electron chi connectivity index (χ0n) is 9.09. The fourth-order valence-electron chi connectivity index (χ4n) is 2.23. The summed E-state index contributed by atoms with van der Waals surface area (Å²) in [4.78, 5) is 12.0. The minimum absolute atomic E-state index is 0.119. The van der Waals surface area contributed by atoms with Crippen molar-refractivity contribution in [3.63, 3.8) is 0 Å². The highest BCUT2D eigenvalue weighted by molar-refractivity contribution is 5.87. The maximum absolute atomic E-state index is 12.0. The Hall–Kier alpha value is -0.370. The molecule has 0 aromatic heterocycles. The van der Waals surface area contributed by atoms with Gasteiger partial charge in [0.05, 0.1) is 6.10 Å². The van der Waals surface area contributed by atoms with Gasteiger partial charge in [-0.2, -0.15) is 0 Å². The molecule has 0 aliphatic heterocycles. The molecule has 0 radical (unpaired) electrons. The van der Waals surface area contributed by atoms with Crippen LogP contribution in [0.15, 0.2) is 0 Å². The Morgan fingerprint density at radius 1 is 1.54 bits per heavy atom. The first kappa shape index (κ1) is 10.7. The summed E-state index contributed by atoms with van der Waals surface area (Å²) in [5, 5.41) is 0. The predicted molar refractivity (Wildman–Crippen MR) is 52.6 cm³/mol. The van der Waals surface area contributed by atoms with Gasteiger partial charge in [-0.1, -0.05) is 20.8 Å². The van der Waals surface area contributed by atoms with Gasteiger partial charge in [-0.05, 0) is 19.3 Å². The van der Waals surface area contributed by atoms with Gasteiger partial charge in [-0.25, -0.2) is 0 Å². The zero-order chi connectivity index (χ0) is 10.1. The third-order valence-corrected chi connectivity index (χ3v) is 3.25. The number of ketones is 1. The highest BCUT2D eigenvalue weighted by atomic mass is 16.5. The molecule has 13 heavy (non-hydrogen) atoms. The van der Waals surface area contributed by atoms with Crippen molar-refractivity contribution in [3.05, 3.63) is 0 Å². The molecule has 0 spiro atoms. The van der Waals surface area contributed by atoms with Gasteiger partial charge in [-0.3, -0.25) is 4.79 Å². The van der Waals surface area contributed by atoms with Gasteiger partial charge in [0.25, 0.3) is 0 Å². The summed E-state index contributed by atoms with van der Waals surface area (Å²) < 4.78 is 5.34. The van der Waals surface area contributed by atoms with Crippen LogP contribution in [0.2, 0.25) is 0 Å². The van der Waals surface area contributed by atoms with E-state index >= 15 is 0 Å². The van der Waals surface area contributed by atoms with Crippen molar-refractivity contribution in [2.24, 2.45) is 11.3 Å². The third-order valence-electron chi connectivity index (χ3n) is 3.25. The number of hydrogen-bond acceptors (Lipinski definition) is 2. The monoisotopic (exact) mass is 184 g/mol. The maximum Gasteiger partial charge on any atom is 0.144 e. The molecule has 2 unspecified atom stereocenters. The van der Waals surface area contributed by atoms with Gasteiger partial charge < -0.3 is 4.74 Å². The van der Waals surface area contributed by atoms with Crippen molar-refractivity contribution >= 4 is 5.78 Å². The summed E-state index contributed by atoms with van der Waals surface area (Å²) in [5.41, 5.74) is -0.129. The second-order valence-electron chi connectivity index (χ2n) is 4.58. The largest absolute Gasteiger partial charge is 0.381 e. The molecule has 2 heteroatoms. The topological polar surface area (TPSA) is 26.3 Å². The molecule has 0 aromatic rings. The van der Waals surface area contributed by atoms with Gasteiger partial charge >= 0.3 is 0 Å². The minimum Gasteiger partial charge on any atom is -0.381 e. The fourth-order valence-corrected chi connectivity index (χ4v) is 2.23. The summed E-state index contributed by atoms with van der Waals surface area (Å²) in [6.45, 7) is 6.16. The first-order valence-electron chi connectivity index (χ1n) is 5.10. The molecule has 0 amide bonds. The van der Waals surface area contributed by atoms with Crippen molar-refractivity contribution in [3.8, 4) is 0 Å². The van der Waals surface area contributed by atoms with Crippen molar-refractivity contribution in [2.75, 3.05) is 7.11 Å². The lowest BCUT2D eigenvalue weighted by Gasteiger charge is -2.38. The quantitative estimate of drug-likeness (QED) is 0.658. The van der Waals surface area contributed by atoms with Crippen LogP contribution >= 0.6 is 0 Å². The van der Waals surface area contributed by atoms with Gasteiger partial charge in [0, 0.05) is 18.4 Å². The lowest BCUT2D eigenvalue weighted by molar-refractivity contribution is -0.142. The molecule has 76 valence electrons. The van der Waals surface area contributed by atoms with Gasteiger partial charge in [0.1, 0.15) is 5.78 Å². The highest BCUT2D eigenvalue weighted by Gasteiger charge is 2.41. The smallest absolute Gasteiger partial charge is 0.144 e. The Bertz CT molecular complexity index is 196. The molecule has 0 saturated heterocycles. The Morgan fingerprint density at radius 3 is 2.62 bits per heavy atom. The summed E-state index contributed by atoms with van der Waals surface area (Å²) in [7, 11) is 1.71. The minimum atomic E-state index is -0.129. The number of ether oxygens (including phenoxy) is 1. The van der Waals surface area contributed by atoms with E-state index in [1.807, 2.05) is 13.8 Å². The Kier molecular flexibility index (Phi) is 3.12. The maximum atomic E-state index is 12.0. The number of carbonyl (C=O) groups excluding carboxylic acids is 1. The average Bonchev–Trinajstić information content (AvgIpc) is 2.09. The predicted octanol–water partition coefficient (Wildman–Crippen LogP) is 2.42. The first-order valence-corrected chi connectivity index (χ1v) is 5.10. The van der Waals surface area contributed by atoms with Crippen LogP contribution in [0, 0.1) is 11.3 Å².